The topological polar surface area (TPSA) is 117 Å². The number of aliphatic hydroxyl groups excluding tert-OH is 1. The van der Waals surface area contributed by atoms with Crippen molar-refractivity contribution in [2.24, 2.45) is 0 Å². The van der Waals surface area contributed by atoms with Crippen LogP contribution in [0.1, 0.15) is 27.9 Å². The number of ether oxygens (including phenoxy) is 1. The van der Waals surface area contributed by atoms with Crippen molar-refractivity contribution in [2.45, 2.75) is 32.3 Å². The van der Waals surface area contributed by atoms with Crippen LogP contribution in [0, 0.1) is 38.4 Å². The van der Waals surface area contributed by atoms with Crippen molar-refractivity contribution in [1.82, 2.24) is 0 Å². The van der Waals surface area contributed by atoms with E-state index in [9.17, 15) is 17.4 Å². The van der Waals surface area contributed by atoms with Crippen LogP contribution in [-0.2, 0) is 16.7 Å². The van der Waals surface area contributed by atoms with Crippen molar-refractivity contribution < 1.29 is 31.9 Å². The van der Waals surface area contributed by atoms with Gasteiger partial charge in [0.1, 0.15) is 23.3 Å². The molecule has 174 valence electrons. The summed E-state index contributed by atoms with van der Waals surface area (Å²) in [5.41, 5.74) is 3.28. The van der Waals surface area contributed by atoms with E-state index in [0.29, 0.717) is 16.8 Å². The molecule has 0 atom stereocenters. The number of rotatable bonds is 4. The van der Waals surface area contributed by atoms with Crippen molar-refractivity contribution in [3.05, 3.63) is 88.5 Å². The molecular weight excluding hydrogens is 447 g/mol. The third-order valence-electron chi connectivity index (χ3n) is 4.42. The molecule has 0 fully saturated rings. The number of aryl methyl sites for hydroxylation is 3. The molecule has 0 saturated heterocycles. The Morgan fingerprint density at radius 1 is 1.12 bits per heavy atom. The molecule has 0 saturated carbocycles. The fourth-order valence-electron chi connectivity index (χ4n) is 3.16. The van der Waals surface area contributed by atoms with Gasteiger partial charge in [0.25, 0.3) is 5.69 Å². The van der Waals surface area contributed by atoms with Gasteiger partial charge in [-0.05, 0) is 37.5 Å². The number of aromatic nitrogens is 1. The van der Waals surface area contributed by atoms with Crippen molar-refractivity contribution in [3.8, 4) is 17.6 Å². The van der Waals surface area contributed by atoms with Gasteiger partial charge in [0.05, 0.1) is 11.0 Å². The minimum absolute atomic E-state index is 0.0674. The Morgan fingerprint density at radius 2 is 1.73 bits per heavy atom. The van der Waals surface area contributed by atoms with E-state index in [4.69, 9.17) is 15.7 Å². The minimum atomic E-state index is -4.33. The first-order valence-corrected chi connectivity index (χ1v) is 11.2. The Kier molecular flexibility index (Phi) is 8.94. The van der Waals surface area contributed by atoms with Gasteiger partial charge in [-0.3, -0.25) is 0 Å². The van der Waals surface area contributed by atoms with Crippen LogP contribution in [0.3, 0.4) is 0 Å². The molecule has 1 aromatic heterocycles. The fourth-order valence-corrected chi connectivity index (χ4v) is 4.07. The second-order valence-electron chi connectivity index (χ2n) is 7.19. The summed E-state index contributed by atoms with van der Waals surface area (Å²) >= 11 is 0. The number of benzene rings is 2. The van der Waals surface area contributed by atoms with E-state index in [1.165, 1.54) is 6.07 Å². The molecule has 0 aliphatic carbocycles. The summed E-state index contributed by atoms with van der Waals surface area (Å²) in [6.07, 6.45) is 1.09. The molecule has 7 nitrogen and oxygen atoms in total. The lowest BCUT2D eigenvalue weighted by molar-refractivity contribution is -0.643. The van der Waals surface area contributed by atoms with E-state index in [1.807, 2.05) is 37.3 Å². The Balaban J connectivity index is 0.000000257. The monoisotopic (exact) mass is 472 g/mol. The molecule has 1 heterocycles. The van der Waals surface area contributed by atoms with E-state index in [0.717, 1.165) is 22.0 Å². The Morgan fingerprint density at radius 3 is 2.27 bits per heavy atom. The smallest absolute Gasteiger partial charge is 0.289 e. The van der Waals surface area contributed by atoms with Crippen LogP contribution in [-0.4, -0.2) is 24.7 Å². The van der Waals surface area contributed by atoms with Crippen LogP contribution in [0.15, 0.2) is 59.6 Å². The standard InChI is InChI=1S/C15H14FN2O2.C9H12O3S/c16-14-10-18(17)13(7-4-8-19)9-15(14)20-11-12-5-2-1-3-6-12;1-6-4-7(2)9(8(3)5-6)13(10,11)12/h1-3,5-6,9-10,19H,8,11,17H2;4-5H,1-3H3,(H,10,11,12)/q+1;/p-1. The first-order chi connectivity index (χ1) is 15.5. The van der Waals surface area contributed by atoms with Crippen molar-refractivity contribution in [2.75, 3.05) is 12.4 Å². The molecule has 0 amide bonds. The molecule has 0 unspecified atom stereocenters. The average Bonchev–Trinajstić information content (AvgIpc) is 2.72. The first-order valence-electron chi connectivity index (χ1n) is 9.83. The highest BCUT2D eigenvalue weighted by molar-refractivity contribution is 7.85. The van der Waals surface area contributed by atoms with Crippen LogP contribution in [0.25, 0.3) is 0 Å². The predicted molar refractivity (Wildman–Crippen MR) is 120 cm³/mol. The molecule has 3 rings (SSSR count). The zero-order valence-electron chi connectivity index (χ0n) is 18.5. The van der Waals surface area contributed by atoms with Crippen molar-refractivity contribution in [1.29, 1.82) is 0 Å². The number of halogens is 1. The summed E-state index contributed by atoms with van der Waals surface area (Å²) in [5.74, 6) is 10.1. The molecule has 0 aliphatic rings. The van der Waals surface area contributed by atoms with Gasteiger partial charge in [0, 0.05) is 5.92 Å². The van der Waals surface area contributed by atoms with Gasteiger partial charge in [0.15, 0.2) is 5.75 Å². The zero-order chi connectivity index (χ0) is 24.6. The molecule has 9 heteroatoms. The van der Waals surface area contributed by atoms with Gasteiger partial charge in [-0.1, -0.05) is 58.6 Å². The van der Waals surface area contributed by atoms with Crippen molar-refractivity contribution >= 4 is 10.1 Å². The zero-order valence-corrected chi connectivity index (χ0v) is 19.3. The minimum Gasteiger partial charge on any atom is -0.744 e. The van der Waals surface area contributed by atoms with Gasteiger partial charge in [-0.25, -0.2) is 14.3 Å². The van der Waals surface area contributed by atoms with Crippen LogP contribution in [0.4, 0.5) is 4.39 Å². The summed E-state index contributed by atoms with van der Waals surface area (Å²) in [6.45, 7) is 5.08. The summed E-state index contributed by atoms with van der Waals surface area (Å²) in [4.78, 5) is -0.0851. The lowest BCUT2D eigenvalue weighted by atomic mass is 10.1. The van der Waals surface area contributed by atoms with Crippen LogP contribution in [0.2, 0.25) is 0 Å². The van der Waals surface area contributed by atoms with Crippen LogP contribution < -0.4 is 15.3 Å². The summed E-state index contributed by atoms with van der Waals surface area (Å²) in [5, 5.41) is 8.67. The number of hydrogen-bond donors (Lipinski definition) is 2. The number of nitrogens with zero attached hydrogens (tertiary/aromatic N) is 1. The predicted octanol–water partition coefficient (Wildman–Crippen LogP) is 2.27. The molecule has 3 aromatic rings. The highest BCUT2D eigenvalue weighted by Gasteiger charge is 2.15. The van der Waals surface area contributed by atoms with Gasteiger partial charge >= 0.3 is 0 Å². The number of nitrogen functional groups attached to an aromatic ring is 1. The molecule has 33 heavy (non-hydrogen) atoms. The molecule has 0 aliphatic heterocycles. The highest BCUT2D eigenvalue weighted by atomic mass is 32.2. The van der Waals surface area contributed by atoms with Gasteiger partial charge in [-0.15, -0.1) is 0 Å². The average molecular weight is 473 g/mol. The van der Waals surface area contributed by atoms with E-state index in [1.54, 1.807) is 26.0 Å². The largest absolute Gasteiger partial charge is 0.744 e. The number of hydrogen-bond acceptors (Lipinski definition) is 6. The van der Waals surface area contributed by atoms with Gasteiger partial charge < -0.3 is 14.4 Å². The third kappa shape index (κ3) is 7.57. The maximum absolute atomic E-state index is 13.7. The summed E-state index contributed by atoms with van der Waals surface area (Å²) in [6, 6.07) is 14.2. The lowest BCUT2D eigenvalue weighted by Gasteiger charge is -2.14. The molecule has 0 bridgehead atoms. The highest BCUT2D eigenvalue weighted by Crippen LogP contribution is 2.21. The van der Waals surface area contributed by atoms with Crippen LogP contribution >= 0.6 is 0 Å². The maximum Gasteiger partial charge on any atom is 0.289 e. The maximum atomic E-state index is 13.7. The van der Waals surface area contributed by atoms with E-state index in [2.05, 4.69) is 11.8 Å². The molecule has 2 aromatic carbocycles. The number of nitrogens with two attached hydrogens (primary N) is 1. The van der Waals surface area contributed by atoms with Gasteiger partial charge in [0.2, 0.25) is 12.0 Å². The quantitative estimate of drug-likeness (QED) is 0.260. The summed E-state index contributed by atoms with van der Waals surface area (Å²) < 4.78 is 52.7. The number of pyridine rings is 1. The van der Waals surface area contributed by atoms with Crippen molar-refractivity contribution in [3.63, 3.8) is 0 Å². The number of aliphatic hydroxyl groups is 1. The van der Waals surface area contributed by atoms with E-state index >= 15 is 0 Å². The normalized spacial score (nSPS) is 10.5. The van der Waals surface area contributed by atoms with E-state index in [-0.39, 0.29) is 23.9 Å². The first kappa shape index (κ1) is 25.8. The Bertz CT molecular complexity index is 1260. The molecule has 0 spiro atoms. The van der Waals surface area contributed by atoms with Crippen LogP contribution in [0.5, 0.6) is 5.75 Å². The van der Waals surface area contributed by atoms with Gasteiger partial charge in [-0.2, -0.15) is 4.39 Å². The SMILES string of the molecule is Cc1cc(C)c(S(=O)(=O)[O-])c(C)c1.N[n+]1cc(F)c(OCc2ccccc2)cc1C#CCO. The second kappa shape index (κ2) is 11.4. The Labute approximate surface area is 193 Å². The summed E-state index contributed by atoms with van der Waals surface area (Å²) in [7, 11) is -4.33. The molecule has 0 radical (unpaired) electrons. The fraction of sp³-hybridized carbons (Fsp3) is 0.208. The molecule has 3 N–H and O–H groups in total. The third-order valence-corrected chi connectivity index (χ3v) is 5.57. The second-order valence-corrected chi connectivity index (χ2v) is 8.51. The molecular formula is C24H25FN2O5S. The van der Waals surface area contributed by atoms with E-state index < -0.39 is 15.9 Å². The lowest BCUT2D eigenvalue weighted by Crippen LogP contribution is -2.47. The Hall–Kier alpha value is -3.45.